The molecule has 34 heavy (non-hydrogen) atoms. The number of benzene rings is 1. The van der Waals surface area contributed by atoms with Gasteiger partial charge in [0.15, 0.2) is 11.5 Å². The first-order chi connectivity index (χ1) is 16.6. The maximum atomic E-state index is 13.2. The van der Waals surface area contributed by atoms with E-state index in [9.17, 15) is 9.59 Å². The third-order valence-corrected chi connectivity index (χ3v) is 6.39. The van der Waals surface area contributed by atoms with Crippen LogP contribution in [0.4, 0.5) is 11.8 Å². The van der Waals surface area contributed by atoms with E-state index >= 15 is 0 Å². The van der Waals surface area contributed by atoms with Crippen molar-refractivity contribution in [2.75, 3.05) is 42.9 Å². The highest BCUT2D eigenvalue weighted by molar-refractivity contribution is 6.03. The lowest BCUT2D eigenvalue weighted by molar-refractivity contribution is 0.0714. The molecular weight excluding hydrogens is 430 g/mol. The number of carbonyl (C=O) groups excluding carboxylic acids is 2. The normalized spacial score (nSPS) is 17.9. The van der Waals surface area contributed by atoms with Crippen molar-refractivity contribution in [1.82, 2.24) is 14.9 Å². The fourth-order valence-corrected chi connectivity index (χ4v) is 4.63. The van der Waals surface area contributed by atoms with Gasteiger partial charge in [-0.25, -0.2) is 4.98 Å². The van der Waals surface area contributed by atoms with Crippen LogP contribution in [0, 0.1) is 0 Å². The molecular formula is C26H27N5O3. The zero-order valence-electron chi connectivity index (χ0n) is 18.9. The maximum Gasteiger partial charge on any atom is 0.289 e. The van der Waals surface area contributed by atoms with Crippen LogP contribution in [-0.4, -0.2) is 59.3 Å². The van der Waals surface area contributed by atoms with Gasteiger partial charge in [-0.2, -0.15) is 4.98 Å². The number of nitrogens with zero attached hydrogens (tertiary/aromatic N) is 4. The number of rotatable bonds is 6. The van der Waals surface area contributed by atoms with Crippen molar-refractivity contribution in [2.24, 2.45) is 0 Å². The first-order valence-corrected chi connectivity index (χ1v) is 11.6. The number of fused-ring (bicyclic) bond motifs is 1. The molecule has 5 rings (SSSR count). The van der Waals surface area contributed by atoms with E-state index in [-0.39, 0.29) is 17.6 Å². The standard InChI is InChI=1S/C26H27N5O3/c1-2-10-27-24-23-20(16-19(17-21(23)32)18-7-4-3-5-8-18)28-26(29-24)31-13-11-30(12-14-31)25(33)22-9-6-15-34-22/h2-9,15,19H,1,10-14,16-17H2,(H,27,28,29)/t19-/m1/s1. The van der Waals surface area contributed by atoms with Crippen molar-refractivity contribution in [3.8, 4) is 0 Å². The molecule has 0 bridgehead atoms. The molecule has 1 fully saturated rings. The topological polar surface area (TPSA) is 91.6 Å². The molecule has 0 saturated carbocycles. The molecule has 0 radical (unpaired) electrons. The Morgan fingerprint density at radius 1 is 1.09 bits per heavy atom. The highest BCUT2D eigenvalue weighted by atomic mass is 16.3. The van der Waals surface area contributed by atoms with Crippen LogP contribution < -0.4 is 10.2 Å². The Bertz CT molecular complexity index is 1180. The summed E-state index contributed by atoms with van der Waals surface area (Å²) in [7, 11) is 0. The van der Waals surface area contributed by atoms with Crippen molar-refractivity contribution in [1.29, 1.82) is 0 Å². The zero-order valence-corrected chi connectivity index (χ0v) is 18.9. The Hall–Kier alpha value is -3.94. The van der Waals surface area contributed by atoms with Crippen LogP contribution in [-0.2, 0) is 6.42 Å². The Morgan fingerprint density at radius 3 is 2.59 bits per heavy atom. The number of carbonyl (C=O) groups is 2. The molecule has 0 spiro atoms. The summed E-state index contributed by atoms with van der Waals surface area (Å²) in [6.45, 7) is 6.56. The van der Waals surface area contributed by atoms with Gasteiger partial charge in [0.1, 0.15) is 5.82 Å². The van der Waals surface area contributed by atoms with Crippen LogP contribution in [0.5, 0.6) is 0 Å². The lowest BCUT2D eigenvalue weighted by atomic mass is 9.82. The molecule has 8 heteroatoms. The number of amides is 1. The predicted octanol–water partition coefficient (Wildman–Crippen LogP) is 3.54. The quantitative estimate of drug-likeness (QED) is 0.566. The number of anilines is 2. The SMILES string of the molecule is C=CCNc1nc(N2CCN(C(=O)c3ccco3)CC2)nc2c1C(=O)C[C@H](c1ccccc1)C2. The van der Waals surface area contributed by atoms with Crippen LogP contribution in [0.3, 0.4) is 0 Å². The number of ketones is 1. The Labute approximate surface area is 198 Å². The summed E-state index contributed by atoms with van der Waals surface area (Å²) in [5, 5.41) is 3.24. The van der Waals surface area contributed by atoms with Gasteiger partial charge in [-0.15, -0.1) is 6.58 Å². The van der Waals surface area contributed by atoms with Crippen molar-refractivity contribution in [3.63, 3.8) is 0 Å². The van der Waals surface area contributed by atoms with Crippen LogP contribution in [0.1, 0.15) is 44.5 Å². The van der Waals surface area contributed by atoms with Crippen molar-refractivity contribution < 1.29 is 14.0 Å². The number of aromatic nitrogens is 2. The molecule has 3 aromatic rings. The molecule has 1 aliphatic heterocycles. The first kappa shape index (κ1) is 21.9. The number of Topliss-reactive ketones (excluding diaryl/α,β-unsaturated/α-hetero) is 1. The van der Waals surface area contributed by atoms with Crippen LogP contribution in [0.15, 0.2) is 65.8 Å². The summed E-state index contributed by atoms with van der Waals surface area (Å²) in [5.41, 5.74) is 2.51. The largest absolute Gasteiger partial charge is 0.459 e. The molecule has 3 heterocycles. The average molecular weight is 458 g/mol. The summed E-state index contributed by atoms with van der Waals surface area (Å²) in [4.78, 5) is 39.2. The lowest BCUT2D eigenvalue weighted by Crippen LogP contribution is -2.49. The van der Waals surface area contributed by atoms with E-state index in [1.54, 1.807) is 23.1 Å². The summed E-state index contributed by atoms with van der Waals surface area (Å²) in [6, 6.07) is 13.5. The van der Waals surface area contributed by atoms with Crippen molar-refractivity contribution in [2.45, 2.75) is 18.8 Å². The molecule has 8 nitrogen and oxygen atoms in total. The van der Waals surface area contributed by atoms with Gasteiger partial charge in [0.05, 0.1) is 17.5 Å². The molecule has 1 atom stereocenters. The molecule has 2 aromatic heterocycles. The minimum Gasteiger partial charge on any atom is -0.459 e. The smallest absolute Gasteiger partial charge is 0.289 e. The molecule has 0 unspecified atom stereocenters. The van der Waals surface area contributed by atoms with Crippen LogP contribution in [0.25, 0.3) is 0 Å². The second kappa shape index (κ2) is 9.51. The zero-order chi connectivity index (χ0) is 23.5. The van der Waals surface area contributed by atoms with Crippen LogP contribution >= 0.6 is 0 Å². The summed E-state index contributed by atoms with van der Waals surface area (Å²) >= 11 is 0. The predicted molar refractivity (Wildman–Crippen MR) is 129 cm³/mol. The molecule has 1 amide bonds. The fraction of sp³-hybridized carbons (Fsp3) is 0.308. The molecule has 174 valence electrons. The number of piperazine rings is 1. The van der Waals surface area contributed by atoms with Gasteiger partial charge in [-0.1, -0.05) is 36.4 Å². The highest BCUT2D eigenvalue weighted by Gasteiger charge is 2.32. The van der Waals surface area contributed by atoms with Gasteiger partial charge in [-0.05, 0) is 30.0 Å². The average Bonchev–Trinajstić information content (AvgIpc) is 3.42. The fourth-order valence-electron chi connectivity index (χ4n) is 4.63. The van der Waals surface area contributed by atoms with Gasteiger partial charge in [-0.3, -0.25) is 9.59 Å². The van der Waals surface area contributed by atoms with Crippen molar-refractivity contribution in [3.05, 3.63) is 84.0 Å². The van der Waals surface area contributed by atoms with E-state index in [4.69, 9.17) is 14.4 Å². The summed E-state index contributed by atoms with van der Waals surface area (Å²) < 4.78 is 5.25. The van der Waals surface area contributed by atoms with E-state index in [0.29, 0.717) is 68.7 Å². The molecule has 1 saturated heterocycles. The number of furan rings is 1. The maximum absolute atomic E-state index is 13.2. The van der Waals surface area contributed by atoms with E-state index in [2.05, 4.69) is 28.9 Å². The van der Waals surface area contributed by atoms with Gasteiger partial charge in [0, 0.05) is 39.1 Å². The molecule has 1 aromatic carbocycles. The van der Waals surface area contributed by atoms with E-state index in [1.165, 1.54) is 6.26 Å². The summed E-state index contributed by atoms with van der Waals surface area (Å²) in [6.07, 6.45) is 4.37. The third kappa shape index (κ3) is 4.31. The summed E-state index contributed by atoms with van der Waals surface area (Å²) in [5.74, 6) is 1.53. The molecule has 2 aliphatic rings. The Balaban J connectivity index is 1.39. The number of nitrogens with one attached hydrogen (secondary N) is 1. The second-order valence-electron chi connectivity index (χ2n) is 8.56. The second-order valence-corrected chi connectivity index (χ2v) is 8.56. The van der Waals surface area contributed by atoms with Gasteiger partial charge in [0.2, 0.25) is 5.95 Å². The first-order valence-electron chi connectivity index (χ1n) is 11.6. The monoisotopic (exact) mass is 457 g/mol. The molecule has 1 N–H and O–H groups in total. The van der Waals surface area contributed by atoms with Crippen LogP contribution in [0.2, 0.25) is 0 Å². The van der Waals surface area contributed by atoms with E-state index < -0.39 is 0 Å². The van der Waals surface area contributed by atoms with Gasteiger partial charge < -0.3 is 19.5 Å². The van der Waals surface area contributed by atoms with E-state index in [0.717, 1.165) is 11.3 Å². The molecule has 1 aliphatic carbocycles. The Morgan fingerprint density at radius 2 is 1.88 bits per heavy atom. The van der Waals surface area contributed by atoms with Gasteiger partial charge in [0.25, 0.3) is 5.91 Å². The highest BCUT2D eigenvalue weighted by Crippen LogP contribution is 2.35. The minimum absolute atomic E-state index is 0.0575. The van der Waals surface area contributed by atoms with Gasteiger partial charge >= 0.3 is 0 Å². The van der Waals surface area contributed by atoms with Crippen molar-refractivity contribution >= 4 is 23.5 Å². The van der Waals surface area contributed by atoms with E-state index in [1.807, 2.05) is 18.2 Å². The third-order valence-electron chi connectivity index (χ3n) is 6.39. The Kier molecular flexibility index (Phi) is 6.12. The number of hydrogen-bond acceptors (Lipinski definition) is 7. The minimum atomic E-state index is -0.111. The lowest BCUT2D eigenvalue weighted by Gasteiger charge is -2.35. The number of hydrogen-bond donors (Lipinski definition) is 1.